The van der Waals surface area contributed by atoms with Gasteiger partial charge in [-0.15, -0.1) is 12.6 Å². The van der Waals surface area contributed by atoms with Gasteiger partial charge in [0.1, 0.15) is 0 Å². The lowest BCUT2D eigenvalue weighted by Crippen LogP contribution is -2.56. The van der Waals surface area contributed by atoms with E-state index in [0.717, 1.165) is 12.8 Å². The van der Waals surface area contributed by atoms with Gasteiger partial charge in [-0.1, -0.05) is 90.4 Å². The van der Waals surface area contributed by atoms with Crippen molar-refractivity contribution in [2.75, 3.05) is 13.7 Å². The van der Waals surface area contributed by atoms with Crippen molar-refractivity contribution in [1.82, 2.24) is 0 Å². The maximum Gasteiger partial charge on any atom is 0.207 e. The SMILES string of the molecule is CCCCCCCCCCCCCCCCC1=C(C)C(=O)C(OCC)C(S)(OC)C1=O. The second kappa shape index (κ2) is 16.0. The average Bonchev–Trinajstić information content (AvgIpc) is 2.77. The lowest BCUT2D eigenvalue weighted by atomic mass is 9.83. The Labute approximate surface area is 196 Å². The van der Waals surface area contributed by atoms with Crippen LogP contribution in [0.1, 0.15) is 117 Å². The number of hydrogen-bond donors (Lipinski definition) is 1. The molecule has 0 N–H and O–H groups in total. The Morgan fingerprint density at radius 1 is 0.806 bits per heavy atom. The van der Waals surface area contributed by atoms with Crippen molar-refractivity contribution in [1.29, 1.82) is 0 Å². The van der Waals surface area contributed by atoms with Crippen molar-refractivity contribution >= 4 is 24.2 Å². The van der Waals surface area contributed by atoms with E-state index in [1.54, 1.807) is 13.8 Å². The van der Waals surface area contributed by atoms with Crippen molar-refractivity contribution in [3.8, 4) is 0 Å². The third kappa shape index (κ3) is 9.01. The first-order valence-corrected chi connectivity index (χ1v) is 13.1. The minimum Gasteiger partial charge on any atom is -0.366 e. The van der Waals surface area contributed by atoms with Crippen LogP contribution < -0.4 is 0 Å². The molecular formula is C26H46O4S. The van der Waals surface area contributed by atoms with Gasteiger partial charge in [-0.05, 0) is 26.7 Å². The molecule has 0 aromatic rings. The first-order chi connectivity index (χ1) is 14.9. The number of carbonyl (C=O) groups is 2. The number of rotatable bonds is 18. The molecule has 0 aromatic heterocycles. The molecule has 31 heavy (non-hydrogen) atoms. The fourth-order valence-electron chi connectivity index (χ4n) is 4.38. The highest BCUT2D eigenvalue weighted by atomic mass is 32.1. The second-order valence-electron chi connectivity index (χ2n) is 8.88. The zero-order chi connectivity index (χ0) is 23.1. The van der Waals surface area contributed by atoms with Gasteiger partial charge in [0.05, 0.1) is 0 Å². The molecule has 0 aromatic carbocycles. The summed E-state index contributed by atoms with van der Waals surface area (Å²) in [6.07, 6.45) is 17.7. The highest BCUT2D eigenvalue weighted by molar-refractivity contribution is 7.82. The zero-order valence-electron chi connectivity index (χ0n) is 20.5. The van der Waals surface area contributed by atoms with E-state index in [-0.39, 0.29) is 11.6 Å². The van der Waals surface area contributed by atoms with E-state index in [0.29, 0.717) is 24.2 Å². The van der Waals surface area contributed by atoms with E-state index in [4.69, 9.17) is 9.47 Å². The number of methoxy groups -OCH3 is 1. The molecule has 2 atom stereocenters. The summed E-state index contributed by atoms with van der Waals surface area (Å²) in [7, 11) is 1.41. The summed E-state index contributed by atoms with van der Waals surface area (Å²) in [4.78, 5) is 24.2. The highest BCUT2D eigenvalue weighted by Gasteiger charge is 2.52. The van der Waals surface area contributed by atoms with E-state index >= 15 is 0 Å². The Balaban J connectivity index is 2.24. The third-order valence-corrected chi connectivity index (χ3v) is 7.06. The molecule has 0 spiro atoms. The Kier molecular flexibility index (Phi) is 14.7. The minimum absolute atomic E-state index is 0.182. The summed E-state index contributed by atoms with van der Waals surface area (Å²) in [5, 5.41) is 0. The molecule has 0 bridgehead atoms. The van der Waals surface area contributed by atoms with Crippen LogP contribution in [0.15, 0.2) is 11.1 Å². The van der Waals surface area contributed by atoms with Gasteiger partial charge in [0.25, 0.3) is 0 Å². The molecule has 0 saturated heterocycles. The van der Waals surface area contributed by atoms with Gasteiger partial charge >= 0.3 is 0 Å². The topological polar surface area (TPSA) is 52.6 Å². The molecule has 0 fully saturated rings. The molecule has 0 radical (unpaired) electrons. The van der Waals surface area contributed by atoms with Gasteiger partial charge in [0, 0.05) is 24.9 Å². The maximum atomic E-state index is 13.0. The molecule has 5 heteroatoms. The number of ether oxygens (including phenoxy) is 2. The number of carbonyl (C=O) groups excluding carboxylic acids is 2. The molecule has 2 unspecified atom stereocenters. The largest absolute Gasteiger partial charge is 0.366 e. The van der Waals surface area contributed by atoms with E-state index < -0.39 is 11.0 Å². The van der Waals surface area contributed by atoms with Crippen LogP contribution in [-0.2, 0) is 19.1 Å². The standard InChI is InChI=1S/C26H46O4S/c1-5-7-8-9-10-11-12-13-14-15-16-17-18-19-20-22-21(3)23(27)25(30-6-2)26(31,29-4)24(22)28/h25,31H,5-20H2,1-4H3. The quantitative estimate of drug-likeness (QED) is 0.138. The first kappa shape index (κ1) is 28.4. The first-order valence-electron chi connectivity index (χ1n) is 12.6. The number of unbranched alkanes of at least 4 members (excludes halogenated alkanes) is 13. The van der Waals surface area contributed by atoms with Gasteiger partial charge in [0.15, 0.2) is 11.9 Å². The summed E-state index contributed by atoms with van der Waals surface area (Å²) in [6.45, 7) is 6.12. The van der Waals surface area contributed by atoms with E-state index in [2.05, 4.69) is 19.6 Å². The van der Waals surface area contributed by atoms with Gasteiger partial charge in [-0.25, -0.2) is 0 Å². The monoisotopic (exact) mass is 454 g/mol. The molecule has 4 nitrogen and oxygen atoms in total. The molecule has 1 aliphatic rings. The van der Waals surface area contributed by atoms with Crippen molar-refractivity contribution in [3.05, 3.63) is 11.1 Å². The van der Waals surface area contributed by atoms with Crippen LogP contribution >= 0.6 is 12.6 Å². The Bertz CT molecular complexity index is 572. The van der Waals surface area contributed by atoms with Crippen molar-refractivity contribution in [2.45, 2.75) is 128 Å². The Morgan fingerprint density at radius 2 is 1.26 bits per heavy atom. The number of ketones is 2. The molecule has 1 rings (SSSR count). The predicted octanol–water partition coefficient (Wildman–Crippen LogP) is 7.00. The minimum atomic E-state index is -1.52. The van der Waals surface area contributed by atoms with Crippen LogP contribution in [0.4, 0.5) is 0 Å². The van der Waals surface area contributed by atoms with E-state index in [9.17, 15) is 9.59 Å². The van der Waals surface area contributed by atoms with Gasteiger partial charge in [0.2, 0.25) is 10.7 Å². The van der Waals surface area contributed by atoms with Gasteiger partial charge in [-0.2, -0.15) is 0 Å². The lowest BCUT2D eigenvalue weighted by Gasteiger charge is -2.37. The van der Waals surface area contributed by atoms with Crippen molar-refractivity contribution in [3.63, 3.8) is 0 Å². The molecule has 180 valence electrons. The van der Waals surface area contributed by atoms with Gasteiger partial charge < -0.3 is 9.47 Å². The second-order valence-corrected chi connectivity index (χ2v) is 9.54. The van der Waals surface area contributed by atoms with Crippen LogP contribution in [0.3, 0.4) is 0 Å². The van der Waals surface area contributed by atoms with Crippen molar-refractivity contribution in [2.24, 2.45) is 0 Å². The Hall–Kier alpha value is -0.650. The Morgan fingerprint density at radius 3 is 1.68 bits per heavy atom. The van der Waals surface area contributed by atoms with E-state index in [1.165, 1.54) is 84.2 Å². The summed E-state index contributed by atoms with van der Waals surface area (Å²) < 4.78 is 10.9. The summed E-state index contributed by atoms with van der Waals surface area (Å²) >= 11 is 4.43. The number of Topliss-reactive ketones (excluding diaryl/α,β-unsaturated/α-hetero) is 2. The number of thiol groups is 1. The number of hydrogen-bond acceptors (Lipinski definition) is 5. The predicted molar refractivity (Wildman–Crippen MR) is 132 cm³/mol. The zero-order valence-corrected chi connectivity index (χ0v) is 21.4. The van der Waals surface area contributed by atoms with Crippen LogP contribution in [0.2, 0.25) is 0 Å². The lowest BCUT2D eigenvalue weighted by molar-refractivity contribution is -0.153. The third-order valence-electron chi connectivity index (χ3n) is 6.44. The average molecular weight is 455 g/mol. The maximum absolute atomic E-state index is 13.0. The van der Waals surface area contributed by atoms with Crippen LogP contribution in [0, 0.1) is 0 Å². The van der Waals surface area contributed by atoms with E-state index in [1.807, 2.05) is 0 Å². The fraction of sp³-hybridized carbons (Fsp3) is 0.846. The molecule has 1 aliphatic carbocycles. The molecule has 0 aliphatic heterocycles. The normalized spacial score (nSPS) is 21.9. The summed E-state index contributed by atoms with van der Waals surface area (Å²) in [5.74, 6) is -0.401. The molecular weight excluding hydrogens is 408 g/mol. The fourth-order valence-corrected chi connectivity index (χ4v) is 4.71. The van der Waals surface area contributed by atoms with Gasteiger partial charge in [-0.3, -0.25) is 9.59 Å². The highest BCUT2D eigenvalue weighted by Crippen LogP contribution is 2.37. The summed E-state index contributed by atoms with van der Waals surface area (Å²) in [5.41, 5.74) is 1.08. The molecule has 0 amide bonds. The van der Waals surface area contributed by atoms with Crippen LogP contribution in [0.5, 0.6) is 0 Å². The molecule has 0 saturated carbocycles. The van der Waals surface area contributed by atoms with Crippen LogP contribution in [-0.4, -0.2) is 36.3 Å². The van der Waals surface area contributed by atoms with Crippen molar-refractivity contribution < 1.29 is 19.1 Å². The van der Waals surface area contributed by atoms with Crippen LogP contribution in [0.25, 0.3) is 0 Å². The smallest absolute Gasteiger partial charge is 0.207 e. The molecule has 0 heterocycles. The summed E-state index contributed by atoms with van der Waals surface area (Å²) in [6, 6.07) is 0.